The van der Waals surface area contributed by atoms with Crippen molar-refractivity contribution in [1.29, 1.82) is 0 Å². The molecule has 0 saturated carbocycles. The van der Waals surface area contributed by atoms with Crippen molar-refractivity contribution >= 4 is 33.6 Å². The predicted octanol–water partition coefficient (Wildman–Crippen LogP) is 3.06. The van der Waals surface area contributed by atoms with Gasteiger partial charge in [0.2, 0.25) is 0 Å². The van der Waals surface area contributed by atoms with Crippen LogP contribution in [0.25, 0.3) is 0 Å². The Labute approximate surface area is 157 Å². The number of halogens is 1. The summed E-state index contributed by atoms with van der Waals surface area (Å²) >= 11 is 5.27. The van der Waals surface area contributed by atoms with Crippen LogP contribution in [0, 0.1) is 0 Å². The van der Waals surface area contributed by atoms with Gasteiger partial charge in [0, 0.05) is 14.9 Å². The summed E-state index contributed by atoms with van der Waals surface area (Å²) in [5.74, 6) is 0.0662. The summed E-state index contributed by atoms with van der Waals surface area (Å²) in [7, 11) is 2.05. The summed E-state index contributed by atoms with van der Waals surface area (Å²) < 4.78 is 1.02. The smallest absolute Gasteiger partial charge is 0.275 e. The molecule has 0 fully saturated rings. The first-order valence-corrected chi connectivity index (χ1v) is 9.99. The molecule has 0 spiro atoms. The van der Waals surface area contributed by atoms with Crippen molar-refractivity contribution in [2.24, 2.45) is 0 Å². The number of benzene rings is 2. The molecule has 0 aromatic heterocycles. The minimum absolute atomic E-state index is 0.0123. The maximum Gasteiger partial charge on any atom is 0.275 e. The first-order valence-electron chi connectivity index (χ1n) is 7.97. The van der Waals surface area contributed by atoms with Crippen molar-refractivity contribution in [2.45, 2.75) is 24.4 Å². The number of amides is 1. The van der Waals surface area contributed by atoms with Gasteiger partial charge in [0.15, 0.2) is 6.54 Å². The van der Waals surface area contributed by atoms with Gasteiger partial charge in [-0.15, -0.1) is 11.8 Å². The molecule has 0 saturated heterocycles. The molecule has 2 N–H and O–H groups in total. The fourth-order valence-corrected chi connectivity index (χ4v) is 3.66. The highest BCUT2D eigenvalue weighted by atomic mass is 79.9. The third kappa shape index (κ3) is 5.65. The molecule has 2 aromatic carbocycles. The zero-order valence-electron chi connectivity index (χ0n) is 14.3. The summed E-state index contributed by atoms with van der Waals surface area (Å²) in [4.78, 5) is 14.7. The van der Waals surface area contributed by atoms with Crippen LogP contribution in [-0.4, -0.2) is 25.8 Å². The van der Waals surface area contributed by atoms with E-state index in [-0.39, 0.29) is 11.9 Å². The van der Waals surface area contributed by atoms with Crippen molar-refractivity contribution in [1.82, 2.24) is 5.32 Å². The molecule has 1 unspecified atom stereocenters. The van der Waals surface area contributed by atoms with Gasteiger partial charge in [-0.1, -0.05) is 46.3 Å². The van der Waals surface area contributed by atoms with Crippen molar-refractivity contribution in [3.05, 3.63) is 64.1 Å². The van der Waals surface area contributed by atoms with Crippen LogP contribution in [-0.2, 0) is 11.3 Å². The standard InChI is InChI=1S/C19H23BrN2OS/c1-14(17-6-4-5-7-18(17)20)21-19(23)13-22(2)12-15-8-10-16(24-3)11-9-15/h4-11,14H,12-13H2,1-3H3,(H,21,23)/p+1/t14-/m0/s1. The van der Waals surface area contributed by atoms with E-state index in [4.69, 9.17) is 0 Å². The van der Waals surface area contributed by atoms with Gasteiger partial charge in [-0.3, -0.25) is 4.79 Å². The van der Waals surface area contributed by atoms with Crippen LogP contribution in [0.5, 0.6) is 0 Å². The van der Waals surface area contributed by atoms with Crippen LogP contribution in [0.4, 0.5) is 0 Å². The lowest BCUT2D eigenvalue weighted by Gasteiger charge is -2.18. The van der Waals surface area contributed by atoms with Gasteiger partial charge < -0.3 is 10.2 Å². The van der Waals surface area contributed by atoms with E-state index in [1.54, 1.807) is 11.8 Å². The molecule has 128 valence electrons. The Kier molecular flexibility index (Phi) is 7.34. The number of hydrogen-bond donors (Lipinski definition) is 2. The molecular weight excluding hydrogens is 384 g/mol. The van der Waals surface area contributed by atoms with E-state index in [0.717, 1.165) is 16.6 Å². The molecule has 0 aliphatic rings. The number of carbonyl (C=O) groups excluding carboxylic acids is 1. The van der Waals surface area contributed by atoms with Crippen molar-refractivity contribution < 1.29 is 9.69 Å². The average Bonchev–Trinajstić information content (AvgIpc) is 2.55. The van der Waals surface area contributed by atoms with E-state index in [1.165, 1.54) is 15.4 Å². The largest absolute Gasteiger partial charge is 0.345 e. The second-order valence-corrected chi connectivity index (χ2v) is 7.70. The molecule has 1 amide bonds. The average molecular weight is 408 g/mol. The SMILES string of the molecule is CSc1ccc(C[NH+](C)CC(=O)N[C@@H](C)c2ccccc2Br)cc1. The molecule has 0 aliphatic heterocycles. The van der Waals surface area contributed by atoms with E-state index in [1.807, 2.05) is 38.2 Å². The number of nitrogens with one attached hydrogen (secondary N) is 2. The molecular formula is C19H24BrN2OS+. The third-order valence-corrected chi connectivity index (χ3v) is 5.34. The number of quaternary nitrogens is 1. The number of likely N-dealkylation sites (N-methyl/N-ethyl adjacent to an activating group) is 1. The Hall–Kier alpha value is -1.30. The quantitative estimate of drug-likeness (QED) is 0.691. The Balaban J connectivity index is 1.85. The van der Waals surface area contributed by atoms with Gasteiger partial charge in [-0.05, 0) is 36.9 Å². The maximum atomic E-state index is 12.3. The minimum atomic E-state index is -0.0123. The first kappa shape index (κ1) is 19.0. The molecule has 2 aromatic rings. The molecule has 3 nitrogen and oxygen atoms in total. The summed E-state index contributed by atoms with van der Waals surface area (Å²) in [5.41, 5.74) is 2.34. The zero-order valence-corrected chi connectivity index (χ0v) is 16.7. The Bertz CT molecular complexity index is 675. The predicted molar refractivity (Wildman–Crippen MR) is 104 cm³/mol. The van der Waals surface area contributed by atoms with Crippen LogP contribution >= 0.6 is 27.7 Å². The topological polar surface area (TPSA) is 33.5 Å². The van der Waals surface area contributed by atoms with Gasteiger partial charge in [0.05, 0.1) is 13.1 Å². The van der Waals surface area contributed by atoms with E-state index in [2.05, 4.69) is 51.8 Å². The molecule has 0 bridgehead atoms. The second-order valence-electron chi connectivity index (χ2n) is 5.97. The summed E-state index contributed by atoms with van der Waals surface area (Å²) in [6.07, 6.45) is 2.07. The monoisotopic (exact) mass is 407 g/mol. The number of carbonyl (C=O) groups is 1. The van der Waals surface area contributed by atoms with Crippen molar-refractivity contribution in [3.63, 3.8) is 0 Å². The van der Waals surface area contributed by atoms with Gasteiger partial charge in [-0.2, -0.15) is 0 Å². The van der Waals surface area contributed by atoms with Crippen molar-refractivity contribution in [3.8, 4) is 0 Å². The fourth-order valence-electron chi connectivity index (χ4n) is 2.62. The molecule has 2 atom stereocenters. The zero-order chi connectivity index (χ0) is 17.5. The Morgan fingerprint density at radius 3 is 2.50 bits per heavy atom. The molecule has 2 rings (SSSR count). The highest BCUT2D eigenvalue weighted by Gasteiger charge is 2.15. The van der Waals surface area contributed by atoms with Gasteiger partial charge in [-0.25, -0.2) is 0 Å². The van der Waals surface area contributed by atoms with Gasteiger partial charge >= 0.3 is 0 Å². The number of thioether (sulfide) groups is 1. The normalized spacial score (nSPS) is 13.3. The van der Waals surface area contributed by atoms with E-state index < -0.39 is 0 Å². The van der Waals surface area contributed by atoms with E-state index in [0.29, 0.717) is 6.54 Å². The second kappa shape index (κ2) is 9.25. The summed E-state index contributed by atoms with van der Waals surface area (Å²) in [5, 5.41) is 3.08. The van der Waals surface area contributed by atoms with Gasteiger partial charge in [0.1, 0.15) is 6.54 Å². The number of hydrogen-bond acceptors (Lipinski definition) is 2. The fraction of sp³-hybridized carbons (Fsp3) is 0.316. The highest BCUT2D eigenvalue weighted by Crippen LogP contribution is 2.22. The summed E-state index contributed by atoms with van der Waals surface area (Å²) in [6, 6.07) is 16.5. The molecule has 0 heterocycles. The molecule has 0 radical (unpaired) electrons. The van der Waals surface area contributed by atoms with Crippen LogP contribution in [0.15, 0.2) is 57.9 Å². The summed E-state index contributed by atoms with van der Waals surface area (Å²) in [6.45, 7) is 3.30. The lowest BCUT2D eigenvalue weighted by atomic mass is 10.1. The Morgan fingerprint density at radius 2 is 1.88 bits per heavy atom. The van der Waals surface area contributed by atoms with Gasteiger partial charge in [0.25, 0.3) is 5.91 Å². The van der Waals surface area contributed by atoms with Crippen LogP contribution in [0.3, 0.4) is 0 Å². The van der Waals surface area contributed by atoms with E-state index in [9.17, 15) is 4.79 Å². The molecule has 0 aliphatic carbocycles. The minimum Gasteiger partial charge on any atom is -0.345 e. The third-order valence-electron chi connectivity index (χ3n) is 3.88. The van der Waals surface area contributed by atoms with Crippen molar-refractivity contribution in [2.75, 3.05) is 19.8 Å². The highest BCUT2D eigenvalue weighted by molar-refractivity contribution is 9.10. The first-order chi connectivity index (χ1) is 11.5. The maximum absolute atomic E-state index is 12.3. The van der Waals surface area contributed by atoms with Crippen LogP contribution in [0.2, 0.25) is 0 Å². The molecule has 24 heavy (non-hydrogen) atoms. The van der Waals surface area contributed by atoms with E-state index >= 15 is 0 Å². The molecule has 5 heteroatoms. The lowest BCUT2D eigenvalue weighted by Crippen LogP contribution is -3.08. The Morgan fingerprint density at radius 1 is 1.21 bits per heavy atom. The van der Waals surface area contributed by atoms with Crippen LogP contribution in [0.1, 0.15) is 24.1 Å². The number of rotatable bonds is 7. The van der Waals surface area contributed by atoms with Crippen LogP contribution < -0.4 is 10.2 Å². The lowest BCUT2D eigenvalue weighted by molar-refractivity contribution is -0.885.